The van der Waals surface area contributed by atoms with Crippen LogP contribution in [-0.4, -0.2) is 49.0 Å². The summed E-state index contributed by atoms with van der Waals surface area (Å²) < 4.78 is 5.35. The summed E-state index contributed by atoms with van der Waals surface area (Å²) in [7, 11) is 1.65. The number of methoxy groups -OCH3 is 1. The van der Waals surface area contributed by atoms with Crippen molar-refractivity contribution in [3.63, 3.8) is 0 Å². The van der Waals surface area contributed by atoms with E-state index in [9.17, 15) is 4.79 Å². The quantitative estimate of drug-likeness (QED) is 0.820. The van der Waals surface area contributed by atoms with Gasteiger partial charge in [0.05, 0.1) is 25.2 Å². The molecular formula is C22H25N3O2. The third kappa shape index (κ3) is 4.87. The molecule has 3 rings (SSSR count). The molecule has 140 valence electrons. The van der Waals surface area contributed by atoms with Gasteiger partial charge in [0, 0.05) is 32.7 Å². The Hall–Kier alpha value is -2.84. The minimum absolute atomic E-state index is 0.166. The van der Waals surface area contributed by atoms with Gasteiger partial charge in [0.2, 0.25) is 5.91 Å². The van der Waals surface area contributed by atoms with Gasteiger partial charge in [0.1, 0.15) is 5.75 Å². The minimum Gasteiger partial charge on any atom is -0.496 e. The molecule has 0 bridgehead atoms. The molecule has 5 heteroatoms. The van der Waals surface area contributed by atoms with E-state index in [1.165, 1.54) is 5.56 Å². The molecule has 0 aromatic heterocycles. The molecule has 1 heterocycles. The van der Waals surface area contributed by atoms with Gasteiger partial charge in [-0.05, 0) is 41.8 Å². The Morgan fingerprint density at radius 3 is 2.37 bits per heavy atom. The van der Waals surface area contributed by atoms with E-state index in [1.54, 1.807) is 7.11 Å². The summed E-state index contributed by atoms with van der Waals surface area (Å²) in [6, 6.07) is 15.8. The number of amides is 1. The molecule has 2 aromatic rings. The lowest BCUT2D eigenvalue weighted by Gasteiger charge is -2.35. The van der Waals surface area contributed by atoms with Crippen LogP contribution < -0.4 is 4.74 Å². The SMILES string of the molecule is COc1cc(CC(=O)N2CCN(Cc3ccc(C#N)cc3)CC2)ccc1C. The highest BCUT2D eigenvalue weighted by atomic mass is 16.5. The van der Waals surface area contributed by atoms with E-state index in [2.05, 4.69) is 11.0 Å². The standard InChI is InChI=1S/C22H25N3O2/c1-17-3-4-20(13-21(17)27-2)14-22(26)25-11-9-24(10-12-25)16-19-7-5-18(15-23)6-8-19/h3-8,13H,9-12,14,16H2,1-2H3. The van der Waals surface area contributed by atoms with E-state index in [-0.39, 0.29) is 5.91 Å². The second-order valence-electron chi connectivity index (χ2n) is 6.95. The van der Waals surface area contributed by atoms with Gasteiger partial charge in [0.15, 0.2) is 0 Å². The first-order valence-corrected chi connectivity index (χ1v) is 9.21. The highest BCUT2D eigenvalue weighted by Gasteiger charge is 2.21. The highest BCUT2D eigenvalue weighted by Crippen LogP contribution is 2.20. The number of nitrogens with zero attached hydrogens (tertiary/aromatic N) is 3. The summed E-state index contributed by atoms with van der Waals surface area (Å²) in [5, 5.41) is 8.87. The van der Waals surface area contributed by atoms with Crippen LogP contribution in [0.5, 0.6) is 5.75 Å². The van der Waals surface area contributed by atoms with Gasteiger partial charge in [-0.2, -0.15) is 5.26 Å². The lowest BCUT2D eigenvalue weighted by molar-refractivity contribution is -0.132. The molecule has 0 aliphatic carbocycles. The second kappa shape index (κ2) is 8.70. The first kappa shape index (κ1) is 18.9. The Morgan fingerprint density at radius 1 is 1.07 bits per heavy atom. The molecule has 5 nitrogen and oxygen atoms in total. The van der Waals surface area contributed by atoms with Crippen molar-refractivity contribution in [2.75, 3.05) is 33.3 Å². The van der Waals surface area contributed by atoms with E-state index in [4.69, 9.17) is 10.00 Å². The van der Waals surface area contributed by atoms with Gasteiger partial charge in [-0.15, -0.1) is 0 Å². The Labute approximate surface area is 160 Å². The molecule has 1 fully saturated rings. The molecule has 2 aromatic carbocycles. The molecule has 0 radical (unpaired) electrons. The van der Waals surface area contributed by atoms with E-state index in [1.807, 2.05) is 54.3 Å². The summed E-state index contributed by atoms with van der Waals surface area (Å²) >= 11 is 0. The topological polar surface area (TPSA) is 56.6 Å². The Morgan fingerprint density at radius 2 is 1.74 bits per heavy atom. The largest absolute Gasteiger partial charge is 0.496 e. The second-order valence-corrected chi connectivity index (χ2v) is 6.95. The summed E-state index contributed by atoms with van der Waals surface area (Å²) in [4.78, 5) is 16.9. The number of piperazine rings is 1. The lowest BCUT2D eigenvalue weighted by atomic mass is 10.1. The zero-order valence-electron chi connectivity index (χ0n) is 15.9. The van der Waals surface area contributed by atoms with Gasteiger partial charge < -0.3 is 9.64 Å². The fourth-order valence-electron chi connectivity index (χ4n) is 3.36. The number of carbonyl (C=O) groups excluding carboxylic acids is 1. The third-order valence-corrected chi connectivity index (χ3v) is 5.04. The molecule has 27 heavy (non-hydrogen) atoms. The summed E-state index contributed by atoms with van der Waals surface area (Å²) in [5.41, 5.74) is 3.94. The summed E-state index contributed by atoms with van der Waals surface area (Å²) in [5.74, 6) is 0.992. The van der Waals surface area contributed by atoms with Crippen LogP contribution in [-0.2, 0) is 17.8 Å². The minimum atomic E-state index is 0.166. The molecule has 0 unspecified atom stereocenters. The molecule has 0 spiro atoms. The zero-order chi connectivity index (χ0) is 19.2. The van der Waals surface area contributed by atoms with Crippen LogP contribution in [0.25, 0.3) is 0 Å². The zero-order valence-corrected chi connectivity index (χ0v) is 15.9. The molecule has 1 saturated heterocycles. The van der Waals surface area contributed by atoms with Gasteiger partial charge in [-0.3, -0.25) is 9.69 Å². The number of aryl methyl sites for hydroxylation is 1. The van der Waals surface area contributed by atoms with Crippen molar-refractivity contribution >= 4 is 5.91 Å². The number of carbonyl (C=O) groups is 1. The number of hydrogen-bond acceptors (Lipinski definition) is 4. The van der Waals surface area contributed by atoms with Crippen molar-refractivity contribution in [3.8, 4) is 11.8 Å². The molecular weight excluding hydrogens is 338 g/mol. The van der Waals surface area contributed by atoms with Crippen molar-refractivity contribution in [3.05, 3.63) is 64.7 Å². The molecule has 1 aliphatic rings. The molecule has 0 atom stereocenters. The fourth-order valence-corrected chi connectivity index (χ4v) is 3.36. The van der Waals surface area contributed by atoms with E-state index in [0.29, 0.717) is 12.0 Å². The average molecular weight is 363 g/mol. The van der Waals surface area contributed by atoms with Crippen molar-refractivity contribution < 1.29 is 9.53 Å². The number of rotatable bonds is 5. The maximum Gasteiger partial charge on any atom is 0.227 e. The molecule has 0 saturated carbocycles. The normalized spacial score (nSPS) is 14.6. The van der Waals surface area contributed by atoms with Crippen LogP contribution in [0.1, 0.15) is 22.3 Å². The Balaban J connectivity index is 1.51. The van der Waals surface area contributed by atoms with Crippen molar-refractivity contribution in [1.82, 2.24) is 9.80 Å². The predicted molar refractivity (Wildman–Crippen MR) is 104 cm³/mol. The third-order valence-electron chi connectivity index (χ3n) is 5.04. The van der Waals surface area contributed by atoms with Crippen LogP contribution in [0.4, 0.5) is 0 Å². The Kier molecular flexibility index (Phi) is 6.10. The lowest BCUT2D eigenvalue weighted by Crippen LogP contribution is -2.48. The predicted octanol–water partition coefficient (Wildman–Crippen LogP) is 2.76. The molecule has 0 N–H and O–H groups in total. The number of benzene rings is 2. The van der Waals surface area contributed by atoms with Gasteiger partial charge in [-0.1, -0.05) is 24.3 Å². The van der Waals surface area contributed by atoms with Crippen LogP contribution in [0.3, 0.4) is 0 Å². The monoisotopic (exact) mass is 363 g/mol. The van der Waals surface area contributed by atoms with Crippen LogP contribution in [0.15, 0.2) is 42.5 Å². The van der Waals surface area contributed by atoms with Gasteiger partial charge in [0.25, 0.3) is 0 Å². The number of ether oxygens (including phenoxy) is 1. The molecule has 1 amide bonds. The average Bonchev–Trinajstić information content (AvgIpc) is 2.70. The summed E-state index contributed by atoms with van der Waals surface area (Å²) in [6.07, 6.45) is 0.409. The van der Waals surface area contributed by atoms with E-state index < -0.39 is 0 Å². The van der Waals surface area contributed by atoms with Crippen molar-refractivity contribution in [2.24, 2.45) is 0 Å². The van der Waals surface area contributed by atoms with Crippen LogP contribution in [0, 0.1) is 18.3 Å². The maximum atomic E-state index is 12.6. The fraction of sp³-hybridized carbons (Fsp3) is 0.364. The summed E-state index contributed by atoms with van der Waals surface area (Å²) in [6.45, 7) is 6.07. The number of nitriles is 1. The van der Waals surface area contributed by atoms with Crippen LogP contribution >= 0.6 is 0 Å². The Bertz CT molecular complexity index is 832. The van der Waals surface area contributed by atoms with Gasteiger partial charge in [-0.25, -0.2) is 0 Å². The van der Waals surface area contributed by atoms with Crippen LogP contribution in [0.2, 0.25) is 0 Å². The maximum absolute atomic E-state index is 12.6. The first-order chi connectivity index (χ1) is 13.1. The van der Waals surface area contributed by atoms with Crippen molar-refractivity contribution in [1.29, 1.82) is 5.26 Å². The first-order valence-electron chi connectivity index (χ1n) is 9.21. The number of hydrogen-bond donors (Lipinski definition) is 0. The van der Waals surface area contributed by atoms with Crippen molar-refractivity contribution in [2.45, 2.75) is 19.9 Å². The molecule has 1 aliphatic heterocycles. The van der Waals surface area contributed by atoms with E-state index in [0.717, 1.165) is 49.6 Å². The van der Waals surface area contributed by atoms with E-state index >= 15 is 0 Å². The highest BCUT2D eigenvalue weighted by molar-refractivity contribution is 5.79. The smallest absolute Gasteiger partial charge is 0.227 e. The van der Waals surface area contributed by atoms with Gasteiger partial charge >= 0.3 is 0 Å².